The number of thiophene rings is 1. The first-order valence-corrected chi connectivity index (χ1v) is 13.8. The number of halogens is 4. The third-order valence-electron chi connectivity index (χ3n) is 6.60. The van der Waals surface area contributed by atoms with E-state index in [4.69, 9.17) is 4.74 Å². The van der Waals surface area contributed by atoms with Gasteiger partial charge in [0.15, 0.2) is 6.61 Å². The van der Waals surface area contributed by atoms with Crippen LogP contribution in [-0.2, 0) is 13.1 Å². The van der Waals surface area contributed by atoms with Crippen LogP contribution in [0.2, 0.25) is 0 Å². The van der Waals surface area contributed by atoms with Crippen molar-refractivity contribution in [3.8, 4) is 22.0 Å². The molecule has 0 spiro atoms. The van der Waals surface area contributed by atoms with Gasteiger partial charge < -0.3 is 9.64 Å². The highest BCUT2D eigenvalue weighted by molar-refractivity contribution is 7.22. The average molecular weight is 630 g/mol. The summed E-state index contributed by atoms with van der Waals surface area (Å²) in [4.78, 5) is 45.1. The number of nitro benzene ring substituents is 1. The summed E-state index contributed by atoms with van der Waals surface area (Å²) < 4.78 is 61.5. The molecule has 0 radical (unpaired) electrons. The van der Waals surface area contributed by atoms with Gasteiger partial charge in [-0.1, -0.05) is 6.07 Å². The number of benzene rings is 2. The van der Waals surface area contributed by atoms with E-state index in [9.17, 15) is 37.3 Å². The van der Waals surface area contributed by atoms with E-state index in [0.717, 1.165) is 38.8 Å². The maximum atomic E-state index is 14.8. The quantitative estimate of drug-likeness (QED) is 0.118. The number of nitro groups is 1. The van der Waals surface area contributed by atoms with Gasteiger partial charge in [-0.3, -0.25) is 19.5 Å². The predicted molar refractivity (Wildman–Crippen MR) is 156 cm³/mol. The molecule has 3 aromatic heterocycles. The Labute approximate surface area is 250 Å². The summed E-state index contributed by atoms with van der Waals surface area (Å²) in [6.07, 6.45) is -1.65. The Bertz CT molecular complexity index is 1950. The largest absolute Gasteiger partial charge is 0.472 e. The highest BCUT2D eigenvalue weighted by atomic mass is 32.1. The van der Waals surface area contributed by atoms with Crippen molar-refractivity contribution in [2.24, 2.45) is 0 Å². The predicted octanol–water partition coefficient (Wildman–Crippen LogP) is 5.22. The molecule has 0 unspecified atom stereocenters. The van der Waals surface area contributed by atoms with Crippen LogP contribution < -0.4 is 16.0 Å². The van der Waals surface area contributed by atoms with Crippen LogP contribution in [0.4, 0.5) is 23.2 Å². The summed E-state index contributed by atoms with van der Waals surface area (Å²) in [5, 5.41) is 11.3. The fraction of sp³-hybridized carbons (Fsp3) is 0.207. The number of nitrogens with zero attached hydrogens (tertiary/aromatic N) is 5. The molecule has 3 heterocycles. The van der Waals surface area contributed by atoms with Crippen LogP contribution in [0, 0.1) is 21.7 Å². The Hall–Kier alpha value is -4.89. The third kappa shape index (κ3) is 5.96. The van der Waals surface area contributed by atoms with Crippen molar-refractivity contribution in [1.29, 1.82) is 0 Å². The molecule has 0 aliphatic rings. The van der Waals surface area contributed by atoms with Gasteiger partial charge in [-0.05, 0) is 55.6 Å². The normalized spacial score (nSPS) is 11.5. The van der Waals surface area contributed by atoms with Gasteiger partial charge in [-0.25, -0.2) is 31.9 Å². The Morgan fingerprint density at radius 1 is 1.02 bits per heavy atom. The van der Waals surface area contributed by atoms with Gasteiger partial charge in [-0.15, -0.1) is 11.3 Å². The van der Waals surface area contributed by atoms with Crippen LogP contribution in [0.25, 0.3) is 26.3 Å². The molecule has 0 N–H and O–H groups in total. The van der Waals surface area contributed by atoms with E-state index in [0.29, 0.717) is 16.0 Å². The van der Waals surface area contributed by atoms with Crippen LogP contribution in [0.5, 0.6) is 5.88 Å². The highest BCUT2D eigenvalue weighted by Crippen LogP contribution is 2.38. The SMILES string of the molecule is CN(C)Cc1c(-c2ccc([N+](=O)[O-])cc2)sc2c1c(=O)n(-c1ccc(OCC(F)F)nc1)c(=O)n2Cc1c(F)cccc1F. The van der Waals surface area contributed by atoms with Gasteiger partial charge >= 0.3 is 5.69 Å². The molecule has 0 amide bonds. The molecule has 0 aliphatic heterocycles. The van der Waals surface area contributed by atoms with Crippen molar-refractivity contribution in [3.05, 3.63) is 115 Å². The van der Waals surface area contributed by atoms with Gasteiger partial charge in [0.05, 0.1) is 28.7 Å². The first-order valence-electron chi connectivity index (χ1n) is 13.0. The van der Waals surface area contributed by atoms with Crippen LogP contribution >= 0.6 is 11.3 Å². The maximum absolute atomic E-state index is 14.8. The van der Waals surface area contributed by atoms with Crippen LogP contribution in [0.3, 0.4) is 0 Å². The molecule has 15 heteroatoms. The molecule has 0 fully saturated rings. The van der Waals surface area contributed by atoms with Gasteiger partial charge in [0.1, 0.15) is 16.5 Å². The molecule has 44 heavy (non-hydrogen) atoms. The van der Waals surface area contributed by atoms with E-state index in [1.165, 1.54) is 42.5 Å². The third-order valence-corrected chi connectivity index (χ3v) is 7.91. The highest BCUT2D eigenvalue weighted by Gasteiger charge is 2.25. The average Bonchev–Trinajstić information content (AvgIpc) is 3.34. The van der Waals surface area contributed by atoms with Crippen molar-refractivity contribution in [2.75, 3.05) is 20.7 Å². The Kier molecular flexibility index (Phi) is 8.60. The van der Waals surface area contributed by atoms with E-state index >= 15 is 0 Å². The van der Waals surface area contributed by atoms with Gasteiger partial charge in [-0.2, -0.15) is 0 Å². The number of pyridine rings is 1. The fourth-order valence-corrected chi connectivity index (χ4v) is 5.95. The first-order chi connectivity index (χ1) is 21.0. The molecule has 228 valence electrons. The molecule has 5 aromatic rings. The standard InChI is InChI=1S/C29H23F4N5O5S/c1-35(2)13-20-25-27(39)37(18-10-11-24(34-12-18)43-15-23(32)33)29(40)36(14-19-21(30)4-3-5-22(19)31)28(25)44-26(20)16-6-8-17(9-7-16)38(41)42/h3-12,23H,13-15H2,1-2H3. The lowest BCUT2D eigenvalue weighted by atomic mass is 10.1. The number of hydrogen-bond donors (Lipinski definition) is 0. The summed E-state index contributed by atoms with van der Waals surface area (Å²) in [5.41, 5.74) is -1.26. The van der Waals surface area contributed by atoms with Crippen LogP contribution in [-0.4, -0.2) is 51.1 Å². The number of ether oxygens (including phenoxy) is 1. The zero-order valence-corrected chi connectivity index (χ0v) is 24.0. The number of aromatic nitrogens is 3. The summed E-state index contributed by atoms with van der Waals surface area (Å²) in [7, 11) is 3.52. The van der Waals surface area contributed by atoms with Crippen molar-refractivity contribution >= 4 is 27.2 Å². The number of fused-ring (bicyclic) bond motifs is 1. The zero-order chi connectivity index (χ0) is 31.7. The first kappa shape index (κ1) is 30.6. The van der Waals surface area contributed by atoms with Gasteiger partial charge in [0.25, 0.3) is 17.7 Å². The molecule has 0 atom stereocenters. The van der Waals surface area contributed by atoms with Crippen molar-refractivity contribution in [2.45, 2.75) is 19.5 Å². The molecule has 2 aromatic carbocycles. The smallest absolute Gasteiger partial charge is 0.337 e. The molecule has 0 saturated carbocycles. The summed E-state index contributed by atoms with van der Waals surface area (Å²) in [5.74, 6) is -1.96. The van der Waals surface area contributed by atoms with E-state index in [1.807, 2.05) is 0 Å². The Morgan fingerprint density at radius 2 is 1.70 bits per heavy atom. The second-order valence-corrected chi connectivity index (χ2v) is 10.9. The molecular weight excluding hydrogens is 606 g/mol. The molecule has 0 bridgehead atoms. The lowest BCUT2D eigenvalue weighted by Gasteiger charge is -2.15. The molecule has 5 rings (SSSR count). The van der Waals surface area contributed by atoms with E-state index in [2.05, 4.69) is 4.98 Å². The molecule has 0 saturated heterocycles. The lowest BCUT2D eigenvalue weighted by molar-refractivity contribution is -0.384. The minimum Gasteiger partial charge on any atom is -0.472 e. The van der Waals surface area contributed by atoms with Crippen LogP contribution in [0.1, 0.15) is 11.1 Å². The minimum absolute atomic E-state index is 0.0343. The zero-order valence-electron chi connectivity index (χ0n) is 23.2. The number of alkyl halides is 2. The molecule has 10 nitrogen and oxygen atoms in total. The minimum atomic E-state index is -2.74. The topological polar surface area (TPSA) is 112 Å². The van der Waals surface area contributed by atoms with E-state index in [1.54, 1.807) is 19.0 Å². The second kappa shape index (κ2) is 12.4. The summed E-state index contributed by atoms with van der Waals surface area (Å²) in [6.45, 7) is -1.28. The molecular formula is C29H23F4N5O5S. The van der Waals surface area contributed by atoms with Gasteiger partial charge in [0, 0.05) is 35.2 Å². The van der Waals surface area contributed by atoms with Crippen LogP contribution in [0.15, 0.2) is 70.4 Å². The lowest BCUT2D eigenvalue weighted by Crippen LogP contribution is -2.39. The monoisotopic (exact) mass is 629 g/mol. The summed E-state index contributed by atoms with van der Waals surface area (Å²) >= 11 is 1.04. The van der Waals surface area contributed by atoms with Crippen molar-refractivity contribution in [1.82, 2.24) is 19.0 Å². The molecule has 0 aliphatic carbocycles. The van der Waals surface area contributed by atoms with Gasteiger partial charge in [0.2, 0.25) is 5.88 Å². The van der Waals surface area contributed by atoms with E-state index in [-0.39, 0.29) is 34.0 Å². The fourth-order valence-electron chi connectivity index (χ4n) is 4.65. The Morgan fingerprint density at radius 3 is 2.27 bits per heavy atom. The van der Waals surface area contributed by atoms with Crippen molar-refractivity contribution < 1.29 is 27.2 Å². The number of hydrogen-bond acceptors (Lipinski definition) is 8. The Balaban J connectivity index is 1.81. The summed E-state index contributed by atoms with van der Waals surface area (Å²) in [6, 6.07) is 11.4. The second-order valence-electron chi connectivity index (χ2n) is 9.90. The maximum Gasteiger partial charge on any atom is 0.337 e. The number of rotatable bonds is 10. The number of non-ortho nitro benzene ring substituents is 1. The van der Waals surface area contributed by atoms with Crippen molar-refractivity contribution in [3.63, 3.8) is 0 Å². The van der Waals surface area contributed by atoms with E-state index < -0.39 is 52.9 Å².